The van der Waals surface area contributed by atoms with Crippen LogP contribution in [0.5, 0.6) is 0 Å². The van der Waals surface area contributed by atoms with Crippen molar-refractivity contribution in [2.24, 2.45) is 10.8 Å². The third-order valence-corrected chi connectivity index (χ3v) is 8.47. The molecule has 0 radical (unpaired) electrons. The Morgan fingerprint density at radius 1 is 1.10 bits per heavy atom. The minimum Gasteiger partial charge on any atom is -0.464 e. The number of hydrogen-bond acceptors (Lipinski definition) is 4. The first-order valence-electron chi connectivity index (χ1n) is 10.3. The van der Waals surface area contributed by atoms with Gasteiger partial charge in [0.25, 0.3) is 5.91 Å². The molecule has 4 rings (SSSR count). The van der Waals surface area contributed by atoms with E-state index in [4.69, 9.17) is 5.11 Å². The highest BCUT2D eigenvalue weighted by Gasteiger charge is 2.51. The van der Waals surface area contributed by atoms with Crippen LogP contribution in [0.4, 0.5) is 4.79 Å². The standard InChI is InChI=1S/C21H29N3O5S/c1-20(2)10-17-11-21(3,13-20)14-23(17)18(25)16-6-4-15(5-7-16)12-22-8-9-24(19(26)27)30(22,28)29/h4-7,17H,8-14H2,1-3H3,(H,26,27). The third kappa shape index (κ3) is 3.69. The fourth-order valence-corrected chi connectivity index (χ4v) is 7.16. The number of carbonyl (C=O) groups is 2. The Hall–Kier alpha value is -2.13. The summed E-state index contributed by atoms with van der Waals surface area (Å²) in [6, 6.07) is 7.25. The molecular weight excluding hydrogens is 406 g/mol. The monoisotopic (exact) mass is 435 g/mol. The number of benzene rings is 1. The van der Waals surface area contributed by atoms with Crippen LogP contribution in [0.3, 0.4) is 0 Å². The number of likely N-dealkylation sites (tertiary alicyclic amines) is 1. The first kappa shape index (κ1) is 21.1. The molecule has 1 aromatic carbocycles. The van der Waals surface area contributed by atoms with E-state index in [2.05, 4.69) is 20.8 Å². The van der Waals surface area contributed by atoms with Crippen LogP contribution in [0.1, 0.15) is 56.0 Å². The van der Waals surface area contributed by atoms with Crippen LogP contribution < -0.4 is 0 Å². The molecule has 1 aromatic rings. The molecule has 1 aliphatic carbocycles. The second-order valence-corrected chi connectivity index (χ2v) is 11.9. The summed E-state index contributed by atoms with van der Waals surface area (Å²) in [7, 11) is -4.00. The van der Waals surface area contributed by atoms with Crippen molar-refractivity contribution >= 4 is 22.2 Å². The van der Waals surface area contributed by atoms with Gasteiger partial charge in [0.1, 0.15) is 0 Å². The molecule has 0 spiro atoms. The molecule has 3 aliphatic rings. The topological polar surface area (TPSA) is 98.2 Å². The van der Waals surface area contributed by atoms with Crippen molar-refractivity contribution in [2.45, 2.75) is 52.6 Å². The summed E-state index contributed by atoms with van der Waals surface area (Å²) >= 11 is 0. The number of carbonyl (C=O) groups excluding carboxylic acids is 1. The SMILES string of the molecule is CC1(C)CC2CC(C)(CN2C(=O)c2ccc(CN3CCN(C(=O)O)S3(=O)=O)cc2)C1. The summed E-state index contributed by atoms with van der Waals surface area (Å²) in [6.45, 7) is 7.74. The van der Waals surface area contributed by atoms with Crippen molar-refractivity contribution in [3.8, 4) is 0 Å². The molecule has 8 nitrogen and oxygen atoms in total. The molecule has 2 atom stereocenters. The van der Waals surface area contributed by atoms with E-state index in [-0.39, 0.29) is 42.4 Å². The number of amides is 2. The van der Waals surface area contributed by atoms with Crippen LogP contribution in [0.15, 0.2) is 24.3 Å². The Morgan fingerprint density at radius 3 is 2.37 bits per heavy atom. The first-order chi connectivity index (χ1) is 13.9. The van der Waals surface area contributed by atoms with Gasteiger partial charge in [0.05, 0.1) is 6.54 Å². The van der Waals surface area contributed by atoms with E-state index < -0.39 is 16.3 Å². The van der Waals surface area contributed by atoms with E-state index in [9.17, 15) is 18.0 Å². The normalized spacial score (nSPS) is 29.9. The molecule has 2 bridgehead atoms. The van der Waals surface area contributed by atoms with E-state index in [1.54, 1.807) is 24.3 Å². The van der Waals surface area contributed by atoms with Gasteiger partial charge in [0.15, 0.2) is 0 Å². The maximum absolute atomic E-state index is 13.2. The van der Waals surface area contributed by atoms with Gasteiger partial charge >= 0.3 is 16.3 Å². The summed E-state index contributed by atoms with van der Waals surface area (Å²) in [5.74, 6) is 0.0267. The highest BCUT2D eigenvalue weighted by molar-refractivity contribution is 7.87. The van der Waals surface area contributed by atoms with Gasteiger partial charge in [-0.25, -0.2) is 4.79 Å². The minimum absolute atomic E-state index is 0.0267. The predicted molar refractivity (Wildman–Crippen MR) is 111 cm³/mol. The molecule has 9 heteroatoms. The number of carboxylic acid groups (broad SMARTS) is 1. The lowest BCUT2D eigenvalue weighted by molar-refractivity contribution is 0.0708. The fourth-order valence-electron chi connectivity index (χ4n) is 5.75. The summed E-state index contributed by atoms with van der Waals surface area (Å²) in [5, 5.41) is 9.03. The van der Waals surface area contributed by atoms with Crippen molar-refractivity contribution in [1.29, 1.82) is 0 Å². The highest BCUT2D eigenvalue weighted by Crippen LogP contribution is 2.52. The Balaban J connectivity index is 1.46. The van der Waals surface area contributed by atoms with Crippen LogP contribution in [0.2, 0.25) is 0 Å². The highest BCUT2D eigenvalue weighted by atomic mass is 32.2. The van der Waals surface area contributed by atoms with E-state index in [0.717, 1.165) is 35.7 Å². The van der Waals surface area contributed by atoms with Gasteiger partial charge in [0.2, 0.25) is 0 Å². The van der Waals surface area contributed by atoms with Crippen LogP contribution in [0, 0.1) is 10.8 Å². The largest absolute Gasteiger partial charge is 0.464 e. The molecule has 1 N–H and O–H groups in total. The van der Waals surface area contributed by atoms with Gasteiger partial charge in [-0.2, -0.15) is 17.0 Å². The number of hydrogen-bond donors (Lipinski definition) is 1. The van der Waals surface area contributed by atoms with Crippen molar-refractivity contribution in [3.63, 3.8) is 0 Å². The van der Waals surface area contributed by atoms with Crippen molar-refractivity contribution < 1.29 is 23.1 Å². The fraction of sp³-hybridized carbons (Fsp3) is 0.619. The van der Waals surface area contributed by atoms with Gasteiger partial charge in [-0.05, 0) is 47.8 Å². The Labute approximate surface area is 177 Å². The van der Waals surface area contributed by atoms with Gasteiger partial charge in [-0.1, -0.05) is 32.9 Å². The summed E-state index contributed by atoms with van der Waals surface area (Å²) in [6.07, 6.45) is 1.72. The zero-order chi connectivity index (χ0) is 21.9. The molecule has 2 saturated heterocycles. The van der Waals surface area contributed by atoms with Gasteiger partial charge in [-0.15, -0.1) is 0 Å². The average molecular weight is 436 g/mol. The van der Waals surface area contributed by atoms with Crippen LogP contribution >= 0.6 is 0 Å². The van der Waals surface area contributed by atoms with E-state index in [1.807, 2.05) is 4.90 Å². The second-order valence-electron chi connectivity index (χ2n) is 10.0. The molecule has 2 heterocycles. The lowest BCUT2D eigenvalue weighted by Gasteiger charge is -2.39. The Morgan fingerprint density at radius 2 is 1.77 bits per heavy atom. The van der Waals surface area contributed by atoms with Crippen LogP contribution in [0.25, 0.3) is 0 Å². The summed E-state index contributed by atoms with van der Waals surface area (Å²) < 4.78 is 26.2. The molecule has 1 saturated carbocycles. The van der Waals surface area contributed by atoms with Crippen LogP contribution in [-0.2, 0) is 16.8 Å². The third-order valence-electron chi connectivity index (χ3n) is 6.61. The van der Waals surface area contributed by atoms with E-state index in [1.165, 1.54) is 0 Å². The average Bonchev–Trinajstić information content (AvgIpc) is 3.06. The molecule has 164 valence electrons. The minimum atomic E-state index is -4.00. The van der Waals surface area contributed by atoms with Crippen LogP contribution in [-0.4, -0.2) is 64.7 Å². The lowest BCUT2D eigenvalue weighted by atomic mass is 9.65. The summed E-state index contributed by atoms with van der Waals surface area (Å²) in [5.41, 5.74) is 1.73. The molecule has 2 aliphatic heterocycles. The molecule has 0 aromatic heterocycles. The van der Waals surface area contributed by atoms with Gasteiger partial charge in [0, 0.05) is 31.2 Å². The molecule has 2 unspecified atom stereocenters. The van der Waals surface area contributed by atoms with Crippen molar-refractivity contribution in [1.82, 2.24) is 13.5 Å². The number of fused-ring (bicyclic) bond motifs is 2. The Bertz CT molecular complexity index is 975. The van der Waals surface area contributed by atoms with Gasteiger partial charge < -0.3 is 10.0 Å². The predicted octanol–water partition coefficient (Wildman–Crippen LogP) is 2.77. The smallest absolute Gasteiger partial charge is 0.422 e. The maximum Gasteiger partial charge on any atom is 0.422 e. The lowest BCUT2D eigenvalue weighted by Crippen LogP contribution is -2.37. The van der Waals surface area contributed by atoms with Gasteiger partial charge in [-0.3, -0.25) is 4.79 Å². The zero-order valence-corrected chi connectivity index (χ0v) is 18.5. The van der Waals surface area contributed by atoms with E-state index in [0.29, 0.717) is 9.87 Å². The zero-order valence-electron chi connectivity index (χ0n) is 17.7. The molecular formula is C21H29N3O5S. The van der Waals surface area contributed by atoms with Crippen molar-refractivity contribution in [3.05, 3.63) is 35.4 Å². The molecule has 30 heavy (non-hydrogen) atoms. The number of rotatable bonds is 3. The summed E-state index contributed by atoms with van der Waals surface area (Å²) in [4.78, 5) is 26.3. The first-order valence-corrected chi connectivity index (χ1v) is 11.7. The maximum atomic E-state index is 13.2. The van der Waals surface area contributed by atoms with E-state index >= 15 is 0 Å². The number of nitrogens with zero attached hydrogens (tertiary/aromatic N) is 3. The quantitative estimate of drug-likeness (QED) is 0.787. The second kappa shape index (κ2) is 6.95. The van der Waals surface area contributed by atoms with Crippen molar-refractivity contribution in [2.75, 3.05) is 19.6 Å². The molecule has 2 amide bonds. The molecule has 3 fully saturated rings. The Kier molecular flexibility index (Phi) is 4.89.